The molecule has 130 valence electrons. The maximum Gasteiger partial charge on any atom is 0.219 e. The van der Waals surface area contributed by atoms with Gasteiger partial charge >= 0.3 is 0 Å². The molecule has 6 nitrogen and oxygen atoms in total. The summed E-state index contributed by atoms with van der Waals surface area (Å²) >= 11 is 0. The number of hydrogen-bond donors (Lipinski definition) is 1. The second kappa shape index (κ2) is 6.46. The first-order chi connectivity index (χ1) is 12.1. The van der Waals surface area contributed by atoms with E-state index >= 15 is 0 Å². The largest absolute Gasteiger partial charge is 0.439 e. The fourth-order valence-corrected chi connectivity index (χ4v) is 3.09. The summed E-state index contributed by atoms with van der Waals surface area (Å²) < 4.78 is 13.2. The van der Waals surface area contributed by atoms with E-state index in [0.29, 0.717) is 44.2 Å². The van der Waals surface area contributed by atoms with Crippen LogP contribution in [-0.4, -0.2) is 38.5 Å². The highest BCUT2D eigenvalue weighted by Gasteiger charge is 2.30. The molecule has 0 aliphatic carbocycles. The van der Waals surface area contributed by atoms with Crippen molar-refractivity contribution in [2.45, 2.75) is 31.9 Å². The zero-order chi connectivity index (χ0) is 17.3. The van der Waals surface area contributed by atoms with E-state index in [0.717, 1.165) is 16.6 Å². The molecule has 2 aromatic heterocycles. The van der Waals surface area contributed by atoms with Crippen molar-refractivity contribution in [2.24, 2.45) is 0 Å². The van der Waals surface area contributed by atoms with E-state index in [-0.39, 0.29) is 0 Å². The molecule has 4 rings (SSSR count). The number of ether oxygens (including phenoxy) is 2. The van der Waals surface area contributed by atoms with Crippen LogP contribution in [0.3, 0.4) is 0 Å². The highest BCUT2D eigenvalue weighted by atomic mass is 16.5. The first kappa shape index (κ1) is 16.1. The molecule has 3 aromatic rings. The Kier molecular flexibility index (Phi) is 4.15. The van der Waals surface area contributed by atoms with Crippen molar-refractivity contribution in [3.63, 3.8) is 0 Å². The molecule has 0 unspecified atom stereocenters. The zero-order valence-corrected chi connectivity index (χ0v) is 14.2. The normalized spacial score (nSPS) is 16.9. The summed E-state index contributed by atoms with van der Waals surface area (Å²) in [5, 5.41) is 10.8. The number of rotatable bonds is 4. The van der Waals surface area contributed by atoms with Gasteiger partial charge in [-0.3, -0.25) is 0 Å². The van der Waals surface area contributed by atoms with Crippen LogP contribution < -0.4 is 4.74 Å². The number of fused-ring (bicyclic) bond motifs is 1. The van der Waals surface area contributed by atoms with Crippen molar-refractivity contribution < 1.29 is 14.6 Å². The number of imidazole rings is 1. The summed E-state index contributed by atoms with van der Waals surface area (Å²) in [5.41, 5.74) is 2.15. The van der Waals surface area contributed by atoms with Gasteiger partial charge in [0.2, 0.25) is 5.88 Å². The SMILES string of the molecule is Cc1ccc(Oc2ccc3ncn(CC4(O)CCOCC4)c3c2)nc1. The van der Waals surface area contributed by atoms with Gasteiger partial charge in [0.1, 0.15) is 5.75 Å². The van der Waals surface area contributed by atoms with Gasteiger partial charge < -0.3 is 19.1 Å². The zero-order valence-electron chi connectivity index (χ0n) is 14.2. The van der Waals surface area contributed by atoms with Crippen LogP contribution in [0.15, 0.2) is 42.9 Å². The molecule has 0 atom stereocenters. The molecule has 1 aliphatic rings. The molecule has 0 amide bonds. The number of nitrogens with zero attached hydrogens (tertiary/aromatic N) is 3. The van der Waals surface area contributed by atoms with E-state index in [4.69, 9.17) is 9.47 Å². The topological polar surface area (TPSA) is 69.4 Å². The van der Waals surface area contributed by atoms with Crippen LogP contribution in [0, 0.1) is 6.92 Å². The predicted octanol–water partition coefficient (Wildman–Crippen LogP) is 3.07. The molecule has 6 heteroatoms. The highest BCUT2D eigenvalue weighted by molar-refractivity contribution is 5.77. The lowest BCUT2D eigenvalue weighted by molar-refractivity contribution is -0.0722. The van der Waals surface area contributed by atoms with Gasteiger partial charge in [-0.25, -0.2) is 9.97 Å². The van der Waals surface area contributed by atoms with Gasteiger partial charge in [-0.1, -0.05) is 6.07 Å². The van der Waals surface area contributed by atoms with Gasteiger partial charge in [-0.2, -0.15) is 0 Å². The standard InChI is InChI=1S/C19H21N3O3/c1-14-2-5-18(20-11-14)25-15-3-4-16-17(10-15)22(13-21-16)12-19(23)6-8-24-9-7-19/h2-5,10-11,13,23H,6-9,12H2,1H3. The lowest BCUT2D eigenvalue weighted by Gasteiger charge is -2.32. The van der Waals surface area contributed by atoms with E-state index in [1.807, 2.05) is 41.8 Å². The minimum absolute atomic E-state index is 0.499. The second-order valence-corrected chi connectivity index (χ2v) is 6.64. The van der Waals surface area contributed by atoms with Crippen molar-refractivity contribution in [3.8, 4) is 11.6 Å². The van der Waals surface area contributed by atoms with Crippen molar-refractivity contribution in [1.82, 2.24) is 14.5 Å². The molecule has 25 heavy (non-hydrogen) atoms. The summed E-state index contributed by atoms with van der Waals surface area (Å²) in [7, 11) is 0. The molecule has 0 bridgehead atoms. The van der Waals surface area contributed by atoms with Crippen molar-refractivity contribution in [1.29, 1.82) is 0 Å². The Hall–Kier alpha value is -2.44. The Morgan fingerprint density at radius 1 is 1.20 bits per heavy atom. The maximum absolute atomic E-state index is 10.8. The summed E-state index contributed by atoms with van der Waals surface area (Å²) in [5.74, 6) is 1.25. The van der Waals surface area contributed by atoms with E-state index in [2.05, 4.69) is 9.97 Å². The molecule has 1 N–H and O–H groups in total. The molecule has 0 radical (unpaired) electrons. The Bertz CT molecular complexity index is 867. The van der Waals surface area contributed by atoms with Crippen LogP contribution in [0.25, 0.3) is 11.0 Å². The fourth-order valence-electron chi connectivity index (χ4n) is 3.09. The molecule has 1 saturated heterocycles. The monoisotopic (exact) mass is 339 g/mol. The third kappa shape index (κ3) is 3.50. The van der Waals surface area contributed by atoms with Gasteiger partial charge in [0.25, 0.3) is 0 Å². The number of hydrogen-bond acceptors (Lipinski definition) is 5. The van der Waals surface area contributed by atoms with Crippen molar-refractivity contribution in [3.05, 3.63) is 48.4 Å². The van der Waals surface area contributed by atoms with Crippen LogP contribution in [0.1, 0.15) is 18.4 Å². The van der Waals surface area contributed by atoms with E-state index < -0.39 is 5.60 Å². The smallest absolute Gasteiger partial charge is 0.219 e. The van der Waals surface area contributed by atoms with Gasteiger partial charge in [-0.05, 0) is 24.6 Å². The van der Waals surface area contributed by atoms with Crippen molar-refractivity contribution >= 4 is 11.0 Å². The summed E-state index contributed by atoms with van der Waals surface area (Å²) in [6.07, 6.45) is 4.82. The minimum Gasteiger partial charge on any atom is -0.439 e. The van der Waals surface area contributed by atoms with E-state index in [1.165, 1.54) is 0 Å². The van der Waals surface area contributed by atoms with Gasteiger partial charge in [-0.15, -0.1) is 0 Å². The number of benzene rings is 1. The lowest BCUT2D eigenvalue weighted by atomic mass is 9.94. The van der Waals surface area contributed by atoms with Crippen molar-refractivity contribution in [2.75, 3.05) is 13.2 Å². The predicted molar refractivity (Wildman–Crippen MR) is 93.8 cm³/mol. The third-order valence-electron chi connectivity index (χ3n) is 4.59. The van der Waals surface area contributed by atoms with Crippen LogP contribution in [0.2, 0.25) is 0 Å². The molecule has 1 aliphatic heterocycles. The molecular formula is C19H21N3O3. The number of aromatic nitrogens is 3. The molecule has 1 fully saturated rings. The molecule has 1 aromatic carbocycles. The Labute approximate surface area is 146 Å². The van der Waals surface area contributed by atoms with Gasteiger partial charge in [0.05, 0.1) is 29.5 Å². The van der Waals surface area contributed by atoms with Gasteiger partial charge in [0.15, 0.2) is 0 Å². The lowest BCUT2D eigenvalue weighted by Crippen LogP contribution is -2.39. The Morgan fingerprint density at radius 3 is 2.80 bits per heavy atom. The average Bonchev–Trinajstić information content (AvgIpc) is 2.99. The number of aliphatic hydroxyl groups is 1. The van der Waals surface area contributed by atoms with E-state index in [1.54, 1.807) is 12.5 Å². The Balaban J connectivity index is 1.59. The van der Waals surface area contributed by atoms with Gasteiger partial charge in [0, 0.05) is 44.4 Å². The maximum atomic E-state index is 10.8. The van der Waals surface area contributed by atoms with Crippen LogP contribution in [-0.2, 0) is 11.3 Å². The minimum atomic E-state index is -0.749. The van der Waals surface area contributed by atoms with Crippen LogP contribution in [0.4, 0.5) is 0 Å². The second-order valence-electron chi connectivity index (χ2n) is 6.64. The third-order valence-corrected chi connectivity index (χ3v) is 4.59. The molecule has 3 heterocycles. The fraction of sp³-hybridized carbons (Fsp3) is 0.368. The summed E-state index contributed by atoms with van der Waals surface area (Å²) in [6.45, 7) is 3.68. The number of aryl methyl sites for hydroxylation is 1. The summed E-state index contributed by atoms with van der Waals surface area (Å²) in [6, 6.07) is 9.55. The van der Waals surface area contributed by atoms with Crippen LogP contribution >= 0.6 is 0 Å². The van der Waals surface area contributed by atoms with Crippen LogP contribution in [0.5, 0.6) is 11.6 Å². The summed E-state index contributed by atoms with van der Waals surface area (Å²) in [4.78, 5) is 8.69. The first-order valence-electron chi connectivity index (χ1n) is 8.47. The van der Waals surface area contributed by atoms with E-state index in [9.17, 15) is 5.11 Å². The molecule has 0 spiro atoms. The highest BCUT2D eigenvalue weighted by Crippen LogP contribution is 2.28. The quantitative estimate of drug-likeness (QED) is 0.791. The number of pyridine rings is 1. The Morgan fingerprint density at radius 2 is 2.04 bits per heavy atom. The average molecular weight is 339 g/mol. The molecule has 0 saturated carbocycles. The molecular weight excluding hydrogens is 318 g/mol. The first-order valence-corrected chi connectivity index (χ1v) is 8.47.